The molecule has 0 fully saturated rings. The summed E-state index contributed by atoms with van der Waals surface area (Å²) in [6, 6.07) is 5.39. The van der Waals surface area contributed by atoms with Gasteiger partial charge in [0.05, 0.1) is 0 Å². The number of amides is 1. The molecule has 0 aliphatic carbocycles. The number of rotatable bonds is 2. The summed E-state index contributed by atoms with van der Waals surface area (Å²) in [5.74, 6) is -0.156. The molecule has 0 radical (unpaired) electrons. The van der Waals surface area contributed by atoms with Crippen molar-refractivity contribution in [2.24, 2.45) is 5.11 Å². The highest BCUT2D eigenvalue weighted by molar-refractivity contribution is 6.29. The first-order valence-corrected chi connectivity index (χ1v) is 5.84. The number of azide groups is 1. The number of benzene rings is 1. The fourth-order valence-electron chi connectivity index (χ4n) is 2.01. The second-order valence-electron chi connectivity index (χ2n) is 3.79. The van der Waals surface area contributed by atoms with Crippen LogP contribution < -0.4 is 4.90 Å². The van der Waals surface area contributed by atoms with Gasteiger partial charge in [0.2, 0.25) is 5.91 Å². The minimum atomic E-state index is -0.120. The Kier molecular flexibility index (Phi) is 3.52. The summed E-state index contributed by atoms with van der Waals surface area (Å²) in [5, 5.41) is 3.54. The lowest BCUT2D eigenvalue weighted by Gasteiger charge is -2.29. The number of carbonyl (C=O) groups is 1. The average molecular weight is 251 g/mol. The van der Waals surface area contributed by atoms with Gasteiger partial charge in [0.1, 0.15) is 5.88 Å². The van der Waals surface area contributed by atoms with E-state index in [-0.39, 0.29) is 11.8 Å². The standard InChI is InChI=1S/C11H11ClN4O/c12-7-11(17)16-5-1-2-8-3-4-9(14-15-13)6-10(8)16/h3-4,6H,1-2,5,7H2. The fourth-order valence-corrected chi connectivity index (χ4v) is 2.15. The SMILES string of the molecule is [N-]=[N+]=Nc1ccc2c(c1)N(C(=O)CCl)CCC2. The van der Waals surface area contributed by atoms with E-state index in [1.54, 1.807) is 17.0 Å². The van der Waals surface area contributed by atoms with Crippen molar-refractivity contribution in [3.63, 3.8) is 0 Å². The van der Waals surface area contributed by atoms with Crippen molar-refractivity contribution in [2.75, 3.05) is 17.3 Å². The van der Waals surface area contributed by atoms with Crippen molar-refractivity contribution in [3.05, 3.63) is 34.2 Å². The first kappa shape index (κ1) is 11.8. The van der Waals surface area contributed by atoms with Crippen molar-refractivity contribution in [2.45, 2.75) is 12.8 Å². The van der Waals surface area contributed by atoms with Gasteiger partial charge >= 0.3 is 0 Å². The molecule has 0 bridgehead atoms. The zero-order valence-corrected chi connectivity index (χ0v) is 9.89. The van der Waals surface area contributed by atoms with Crippen molar-refractivity contribution >= 4 is 28.9 Å². The van der Waals surface area contributed by atoms with E-state index in [1.807, 2.05) is 6.07 Å². The van der Waals surface area contributed by atoms with Gasteiger partial charge in [-0.2, -0.15) is 0 Å². The highest BCUT2D eigenvalue weighted by atomic mass is 35.5. The summed E-state index contributed by atoms with van der Waals surface area (Å²) in [5.41, 5.74) is 10.8. The Balaban J connectivity index is 2.43. The summed E-state index contributed by atoms with van der Waals surface area (Å²) in [6.45, 7) is 0.665. The smallest absolute Gasteiger partial charge is 0.241 e. The lowest BCUT2D eigenvalue weighted by Crippen LogP contribution is -2.36. The van der Waals surface area contributed by atoms with Crippen LogP contribution >= 0.6 is 11.6 Å². The third-order valence-electron chi connectivity index (χ3n) is 2.76. The molecule has 0 unspecified atom stereocenters. The minimum Gasteiger partial charge on any atom is -0.311 e. The predicted molar refractivity (Wildman–Crippen MR) is 66.6 cm³/mol. The maximum atomic E-state index is 11.7. The van der Waals surface area contributed by atoms with Gasteiger partial charge in [-0.1, -0.05) is 17.2 Å². The summed E-state index contributed by atoms with van der Waals surface area (Å²) in [6.07, 6.45) is 1.86. The Morgan fingerprint density at radius 3 is 3.12 bits per heavy atom. The van der Waals surface area contributed by atoms with E-state index in [0.29, 0.717) is 12.2 Å². The summed E-state index contributed by atoms with van der Waals surface area (Å²) < 4.78 is 0. The van der Waals surface area contributed by atoms with Gasteiger partial charge < -0.3 is 4.90 Å². The molecule has 0 spiro atoms. The van der Waals surface area contributed by atoms with Crippen LogP contribution in [-0.4, -0.2) is 18.3 Å². The number of hydrogen-bond donors (Lipinski definition) is 0. The zero-order chi connectivity index (χ0) is 12.3. The van der Waals surface area contributed by atoms with Crippen LogP contribution in [0.1, 0.15) is 12.0 Å². The Morgan fingerprint density at radius 1 is 1.59 bits per heavy atom. The maximum Gasteiger partial charge on any atom is 0.241 e. The molecule has 6 heteroatoms. The molecule has 1 aliphatic rings. The molecular formula is C11H11ClN4O. The van der Waals surface area contributed by atoms with Crippen LogP contribution in [0.3, 0.4) is 0 Å². The van der Waals surface area contributed by atoms with E-state index < -0.39 is 0 Å². The largest absolute Gasteiger partial charge is 0.311 e. The van der Waals surface area contributed by atoms with E-state index in [9.17, 15) is 4.79 Å². The molecule has 0 N–H and O–H groups in total. The van der Waals surface area contributed by atoms with Gasteiger partial charge in [-0.05, 0) is 30.0 Å². The van der Waals surface area contributed by atoms with Gasteiger partial charge in [0, 0.05) is 22.8 Å². The number of anilines is 1. The lowest BCUT2D eigenvalue weighted by atomic mass is 10.0. The third kappa shape index (κ3) is 2.35. The van der Waals surface area contributed by atoms with Crippen LogP contribution in [0.4, 0.5) is 11.4 Å². The van der Waals surface area contributed by atoms with E-state index in [0.717, 1.165) is 24.1 Å². The number of hydrogen-bond acceptors (Lipinski definition) is 2. The molecular weight excluding hydrogens is 240 g/mol. The molecule has 0 atom stereocenters. The third-order valence-corrected chi connectivity index (χ3v) is 2.99. The van der Waals surface area contributed by atoms with Gasteiger partial charge in [-0.3, -0.25) is 4.79 Å². The molecule has 1 heterocycles. The van der Waals surface area contributed by atoms with E-state index in [4.69, 9.17) is 17.1 Å². The zero-order valence-electron chi connectivity index (χ0n) is 9.14. The molecule has 0 saturated heterocycles. The van der Waals surface area contributed by atoms with Gasteiger partial charge in [0.15, 0.2) is 0 Å². The highest BCUT2D eigenvalue weighted by Gasteiger charge is 2.21. The molecule has 1 aromatic carbocycles. The minimum absolute atomic E-state index is 0.0365. The van der Waals surface area contributed by atoms with Crippen LogP contribution in [0.25, 0.3) is 10.4 Å². The Morgan fingerprint density at radius 2 is 2.41 bits per heavy atom. The normalized spacial score (nSPS) is 13.8. The van der Waals surface area contributed by atoms with Crippen molar-refractivity contribution in [3.8, 4) is 0 Å². The van der Waals surface area contributed by atoms with Crippen LogP contribution in [0.5, 0.6) is 0 Å². The van der Waals surface area contributed by atoms with Gasteiger partial charge in [0.25, 0.3) is 0 Å². The first-order valence-electron chi connectivity index (χ1n) is 5.30. The molecule has 1 amide bonds. The number of alkyl halides is 1. The van der Waals surface area contributed by atoms with Crippen LogP contribution in [0.15, 0.2) is 23.3 Å². The fraction of sp³-hybridized carbons (Fsp3) is 0.364. The number of nitrogens with zero attached hydrogens (tertiary/aromatic N) is 4. The van der Waals surface area contributed by atoms with E-state index in [2.05, 4.69) is 10.0 Å². The van der Waals surface area contributed by atoms with Gasteiger partial charge in [-0.15, -0.1) is 11.6 Å². The Hall–Kier alpha value is -1.71. The summed E-state index contributed by atoms with van der Waals surface area (Å²) >= 11 is 5.58. The maximum absolute atomic E-state index is 11.7. The molecule has 0 aromatic heterocycles. The molecule has 2 rings (SSSR count). The summed E-state index contributed by atoms with van der Waals surface area (Å²) in [4.78, 5) is 16.1. The highest BCUT2D eigenvalue weighted by Crippen LogP contribution is 2.31. The molecule has 5 nitrogen and oxygen atoms in total. The van der Waals surface area contributed by atoms with Crippen molar-refractivity contribution < 1.29 is 4.79 Å². The number of carbonyl (C=O) groups excluding carboxylic acids is 1. The number of halogens is 1. The van der Waals surface area contributed by atoms with Crippen LogP contribution in [0.2, 0.25) is 0 Å². The first-order chi connectivity index (χ1) is 8.26. The Bertz CT molecular complexity index is 496. The molecule has 0 saturated carbocycles. The number of fused-ring (bicyclic) bond motifs is 1. The average Bonchev–Trinajstić information content (AvgIpc) is 2.37. The Labute approximate surface area is 104 Å². The van der Waals surface area contributed by atoms with Crippen LogP contribution in [-0.2, 0) is 11.2 Å². The monoisotopic (exact) mass is 250 g/mol. The lowest BCUT2D eigenvalue weighted by molar-refractivity contribution is -0.116. The number of aryl methyl sites for hydroxylation is 1. The molecule has 1 aromatic rings. The van der Waals surface area contributed by atoms with Gasteiger partial charge in [-0.25, -0.2) is 0 Å². The van der Waals surface area contributed by atoms with E-state index >= 15 is 0 Å². The molecule has 88 valence electrons. The second kappa shape index (κ2) is 5.08. The topological polar surface area (TPSA) is 69.1 Å². The second-order valence-corrected chi connectivity index (χ2v) is 4.05. The van der Waals surface area contributed by atoms with Crippen LogP contribution in [0, 0.1) is 0 Å². The molecule has 17 heavy (non-hydrogen) atoms. The predicted octanol–water partition coefficient (Wildman–Crippen LogP) is 3.15. The summed E-state index contributed by atoms with van der Waals surface area (Å²) in [7, 11) is 0. The van der Waals surface area contributed by atoms with E-state index in [1.165, 1.54) is 0 Å². The van der Waals surface area contributed by atoms with Crippen molar-refractivity contribution in [1.29, 1.82) is 0 Å². The quantitative estimate of drug-likeness (QED) is 0.344. The molecule has 1 aliphatic heterocycles. The van der Waals surface area contributed by atoms with Crippen molar-refractivity contribution in [1.82, 2.24) is 0 Å².